The average molecular weight is 374 g/mol. The topological polar surface area (TPSA) is 9.23 Å². The summed E-state index contributed by atoms with van der Waals surface area (Å²) in [6.07, 6.45) is 10.7. The van der Waals surface area contributed by atoms with Crippen molar-refractivity contribution in [2.24, 2.45) is 23.7 Å². The average Bonchev–Trinajstić information content (AvgIpc) is 2.67. The summed E-state index contributed by atoms with van der Waals surface area (Å²) in [5.74, 6) is 1.19. The SMILES string of the molecule is CC1CCC(C2CCC(CF)CC2)CC1.Cc1c(F)cc(OF)cc1F. The van der Waals surface area contributed by atoms with Crippen LogP contribution in [0, 0.1) is 42.2 Å². The minimum atomic E-state index is -0.822. The third-order valence-corrected chi connectivity index (χ3v) is 6.18. The van der Waals surface area contributed by atoms with Crippen molar-refractivity contribution in [2.45, 2.75) is 65.2 Å². The van der Waals surface area contributed by atoms with Crippen LogP contribution in [0.1, 0.15) is 63.9 Å². The molecule has 0 spiro atoms. The first-order valence-corrected chi connectivity index (χ1v) is 9.74. The molecular formula is C21H30F4O. The molecule has 5 heteroatoms. The molecule has 0 radical (unpaired) electrons. The zero-order chi connectivity index (χ0) is 19.1. The van der Waals surface area contributed by atoms with E-state index in [0.29, 0.717) is 5.92 Å². The van der Waals surface area contributed by atoms with Crippen molar-refractivity contribution in [1.82, 2.24) is 0 Å². The van der Waals surface area contributed by atoms with Gasteiger partial charge in [-0.2, -0.15) is 0 Å². The van der Waals surface area contributed by atoms with Crippen LogP contribution in [0.3, 0.4) is 0 Å². The summed E-state index contributed by atoms with van der Waals surface area (Å²) in [5.41, 5.74) is -0.147. The quantitative estimate of drug-likeness (QED) is 0.512. The maximum atomic E-state index is 12.5. The molecule has 0 atom stereocenters. The van der Waals surface area contributed by atoms with Crippen molar-refractivity contribution >= 4 is 0 Å². The van der Waals surface area contributed by atoms with E-state index in [1.54, 1.807) is 0 Å². The minimum Gasteiger partial charge on any atom is -0.294 e. The normalized spacial score (nSPS) is 28.8. The smallest absolute Gasteiger partial charge is 0.177 e. The number of rotatable bonds is 3. The van der Waals surface area contributed by atoms with Gasteiger partial charge in [0.05, 0.1) is 6.67 Å². The van der Waals surface area contributed by atoms with E-state index in [1.807, 2.05) is 0 Å². The molecule has 26 heavy (non-hydrogen) atoms. The van der Waals surface area contributed by atoms with E-state index >= 15 is 0 Å². The van der Waals surface area contributed by atoms with Crippen LogP contribution in [0.2, 0.25) is 0 Å². The standard InChI is InChI=1S/C14H25F.C7H5F3O/c1-11-2-6-13(7-3-11)14-8-4-12(10-15)5-9-14;1-4-6(8)2-5(11-10)3-7(4)9/h11-14H,2-10H2,1H3;2-3H,1H3. The Kier molecular flexibility index (Phi) is 8.23. The van der Waals surface area contributed by atoms with E-state index in [1.165, 1.54) is 45.4 Å². The molecule has 0 unspecified atom stereocenters. The number of hydrogen-bond donors (Lipinski definition) is 0. The van der Waals surface area contributed by atoms with Gasteiger partial charge in [-0.05, 0) is 69.1 Å². The van der Waals surface area contributed by atoms with Gasteiger partial charge < -0.3 is 0 Å². The van der Waals surface area contributed by atoms with Gasteiger partial charge in [-0.1, -0.05) is 19.8 Å². The fourth-order valence-electron chi connectivity index (χ4n) is 4.24. The Morgan fingerprint density at radius 1 is 0.885 bits per heavy atom. The minimum absolute atomic E-state index is 0.0750. The van der Waals surface area contributed by atoms with E-state index in [2.05, 4.69) is 11.9 Å². The molecule has 0 aliphatic heterocycles. The molecule has 2 fully saturated rings. The van der Waals surface area contributed by atoms with Gasteiger partial charge in [0.1, 0.15) is 11.6 Å². The third-order valence-electron chi connectivity index (χ3n) is 6.18. The van der Waals surface area contributed by atoms with Crippen molar-refractivity contribution in [2.75, 3.05) is 6.67 Å². The lowest BCUT2D eigenvalue weighted by Gasteiger charge is -2.36. The van der Waals surface area contributed by atoms with E-state index in [0.717, 1.165) is 42.7 Å². The zero-order valence-corrected chi connectivity index (χ0v) is 15.7. The van der Waals surface area contributed by atoms with E-state index < -0.39 is 17.4 Å². The maximum absolute atomic E-state index is 12.5. The fourth-order valence-corrected chi connectivity index (χ4v) is 4.24. The van der Waals surface area contributed by atoms with Gasteiger partial charge in [-0.25, -0.2) is 8.78 Å². The summed E-state index contributed by atoms with van der Waals surface area (Å²) >= 11 is 0. The summed E-state index contributed by atoms with van der Waals surface area (Å²) in [4.78, 5) is 3.15. The molecule has 0 N–H and O–H groups in total. The molecular weight excluding hydrogens is 344 g/mol. The van der Waals surface area contributed by atoms with Gasteiger partial charge >= 0.3 is 0 Å². The van der Waals surface area contributed by atoms with Crippen LogP contribution in [0.25, 0.3) is 0 Å². The molecule has 0 bridgehead atoms. The van der Waals surface area contributed by atoms with Crippen molar-refractivity contribution in [3.8, 4) is 5.75 Å². The van der Waals surface area contributed by atoms with Gasteiger partial charge in [-0.15, -0.1) is 0 Å². The summed E-state index contributed by atoms with van der Waals surface area (Å²) in [5, 5.41) is 0. The summed E-state index contributed by atoms with van der Waals surface area (Å²) in [6.45, 7) is 3.57. The van der Waals surface area contributed by atoms with Crippen LogP contribution >= 0.6 is 0 Å². The van der Waals surface area contributed by atoms with Crippen LogP contribution in [0.4, 0.5) is 17.7 Å². The lowest BCUT2D eigenvalue weighted by atomic mass is 9.69. The molecule has 1 nitrogen and oxygen atoms in total. The molecule has 2 aliphatic carbocycles. The predicted octanol–water partition coefficient (Wildman–Crippen LogP) is 7.13. The molecule has 0 amide bonds. The lowest BCUT2D eigenvalue weighted by Crippen LogP contribution is -2.25. The van der Waals surface area contributed by atoms with Crippen LogP contribution < -0.4 is 4.94 Å². The maximum Gasteiger partial charge on any atom is 0.177 e. The molecule has 0 saturated heterocycles. The van der Waals surface area contributed by atoms with Crippen LogP contribution in [0.15, 0.2) is 12.1 Å². The molecule has 0 heterocycles. The van der Waals surface area contributed by atoms with Crippen LogP contribution in [0.5, 0.6) is 5.75 Å². The predicted molar refractivity (Wildman–Crippen MR) is 95.4 cm³/mol. The van der Waals surface area contributed by atoms with Gasteiger partial charge in [0.2, 0.25) is 0 Å². The Morgan fingerprint density at radius 2 is 1.35 bits per heavy atom. The molecule has 2 saturated carbocycles. The third kappa shape index (κ3) is 5.88. The molecule has 148 valence electrons. The molecule has 1 aromatic rings. The first-order valence-electron chi connectivity index (χ1n) is 9.74. The fraction of sp³-hybridized carbons (Fsp3) is 0.714. The highest BCUT2D eigenvalue weighted by Gasteiger charge is 2.29. The van der Waals surface area contributed by atoms with E-state index in [4.69, 9.17) is 0 Å². The zero-order valence-electron chi connectivity index (χ0n) is 15.7. The highest BCUT2D eigenvalue weighted by Crippen LogP contribution is 2.41. The van der Waals surface area contributed by atoms with Gasteiger partial charge in [-0.3, -0.25) is 9.33 Å². The molecule has 0 aromatic heterocycles. The van der Waals surface area contributed by atoms with E-state index in [9.17, 15) is 17.7 Å². The second kappa shape index (κ2) is 10.2. The van der Waals surface area contributed by atoms with E-state index in [-0.39, 0.29) is 12.2 Å². The summed E-state index contributed by atoms with van der Waals surface area (Å²) in [7, 11) is 0. The van der Waals surface area contributed by atoms with Gasteiger partial charge in [0, 0.05) is 22.2 Å². The largest absolute Gasteiger partial charge is 0.294 e. The van der Waals surface area contributed by atoms with Crippen molar-refractivity contribution in [3.05, 3.63) is 29.3 Å². The molecule has 1 aromatic carbocycles. The number of alkyl halides is 1. The first-order chi connectivity index (χ1) is 12.4. The van der Waals surface area contributed by atoms with Crippen molar-refractivity contribution < 1.29 is 22.6 Å². The monoisotopic (exact) mass is 374 g/mol. The summed E-state index contributed by atoms with van der Waals surface area (Å²) < 4.78 is 49.0. The second-order valence-corrected chi connectivity index (χ2v) is 8.04. The molecule has 3 rings (SSSR count). The van der Waals surface area contributed by atoms with Crippen molar-refractivity contribution in [1.29, 1.82) is 0 Å². The lowest BCUT2D eigenvalue weighted by molar-refractivity contribution is -0.00694. The number of hydrogen-bond acceptors (Lipinski definition) is 1. The van der Waals surface area contributed by atoms with Crippen LogP contribution in [-0.2, 0) is 0 Å². The Bertz CT molecular complexity index is 524. The Labute approximate surface area is 154 Å². The first kappa shape index (κ1) is 21.0. The second-order valence-electron chi connectivity index (χ2n) is 8.04. The Morgan fingerprint density at radius 3 is 1.77 bits per heavy atom. The molecule has 2 aliphatic rings. The number of halogens is 4. The summed E-state index contributed by atoms with van der Waals surface area (Å²) in [6, 6.07) is 1.55. The van der Waals surface area contributed by atoms with Crippen LogP contribution in [-0.4, -0.2) is 6.67 Å². The number of benzene rings is 1. The highest BCUT2D eigenvalue weighted by molar-refractivity contribution is 5.29. The highest BCUT2D eigenvalue weighted by atomic mass is 19.3. The Balaban J connectivity index is 0.000000197. The van der Waals surface area contributed by atoms with Gasteiger partial charge in [0.15, 0.2) is 5.75 Å². The Hall–Kier alpha value is -1.26. The van der Waals surface area contributed by atoms with Gasteiger partial charge in [0.25, 0.3) is 0 Å². The van der Waals surface area contributed by atoms with Crippen molar-refractivity contribution in [3.63, 3.8) is 0 Å².